The summed E-state index contributed by atoms with van der Waals surface area (Å²) in [5.41, 5.74) is 0. The summed E-state index contributed by atoms with van der Waals surface area (Å²) in [4.78, 5) is 12.2. The summed E-state index contributed by atoms with van der Waals surface area (Å²) in [5.74, 6) is 2.54. The van der Waals surface area contributed by atoms with Crippen molar-refractivity contribution in [3.8, 4) is 0 Å². The van der Waals surface area contributed by atoms with E-state index in [0.717, 1.165) is 29.6 Å². The van der Waals surface area contributed by atoms with Gasteiger partial charge in [-0.3, -0.25) is 0 Å². The fraction of sp³-hybridized carbons (Fsp3) is 0.500. The van der Waals surface area contributed by atoms with Crippen LogP contribution in [0, 0.1) is 5.92 Å². The van der Waals surface area contributed by atoms with E-state index >= 15 is 0 Å². The summed E-state index contributed by atoms with van der Waals surface area (Å²) in [6, 6.07) is 2.11. The van der Waals surface area contributed by atoms with Crippen molar-refractivity contribution in [3.05, 3.63) is 17.8 Å². The topological polar surface area (TPSA) is 29.0 Å². The third kappa shape index (κ3) is 2.11. The standard InChI is InChI=1S/C12H14ClN3S/c13-7-9-1-4-16(5-2-9)11-10-3-6-17-12(10)15-8-14-11/h3,6,8-9H,1-2,4-5,7H2. The monoisotopic (exact) mass is 267 g/mol. The highest BCUT2D eigenvalue weighted by atomic mass is 35.5. The number of nitrogens with zero attached hydrogens (tertiary/aromatic N) is 3. The van der Waals surface area contributed by atoms with Gasteiger partial charge in [-0.05, 0) is 30.2 Å². The predicted octanol–water partition coefficient (Wildman–Crippen LogP) is 3.15. The molecule has 0 N–H and O–H groups in total. The number of alkyl halides is 1. The van der Waals surface area contributed by atoms with Crippen molar-refractivity contribution < 1.29 is 0 Å². The summed E-state index contributed by atoms with van der Waals surface area (Å²) in [6.45, 7) is 2.11. The zero-order valence-corrected chi connectivity index (χ0v) is 11.0. The molecular formula is C12H14ClN3S. The fourth-order valence-corrected chi connectivity index (χ4v) is 3.36. The third-order valence-electron chi connectivity index (χ3n) is 3.37. The van der Waals surface area contributed by atoms with E-state index in [0.29, 0.717) is 5.92 Å². The average molecular weight is 268 g/mol. The second kappa shape index (κ2) is 4.78. The van der Waals surface area contributed by atoms with Gasteiger partial charge >= 0.3 is 0 Å². The Labute approximate surface area is 109 Å². The maximum atomic E-state index is 5.91. The minimum atomic E-state index is 0.674. The lowest BCUT2D eigenvalue weighted by molar-refractivity contribution is 0.441. The molecule has 1 saturated heterocycles. The van der Waals surface area contributed by atoms with Crippen LogP contribution in [0.3, 0.4) is 0 Å². The van der Waals surface area contributed by atoms with E-state index < -0.39 is 0 Å². The first-order chi connectivity index (χ1) is 8.38. The van der Waals surface area contributed by atoms with Crippen molar-refractivity contribution in [1.82, 2.24) is 9.97 Å². The van der Waals surface area contributed by atoms with Gasteiger partial charge in [0.1, 0.15) is 17.0 Å². The molecule has 90 valence electrons. The van der Waals surface area contributed by atoms with Crippen LogP contribution in [0.5, 0.6) is 0 Å². The lowest BCUT2D eigenvalue weighted by Gasteiger charge is -2.32. The molecule has 0 saturated carbocycles. The van der Waals surface area contributed by atoms with Crippen LogP contribution in [0.4, 0.5) is 5.82 Å². The molecular weight excluding hydrogens is 254 g/mol. The molecule has 1 aliphatic rings. The third-order valence-corrected chi connectivity index (χ3v) is 4.63. The number of hydrogen-bond donors (Lipinski definition) is 0. The lowest BCUT2D eigenvalue weighted by Crippen LogP contribution is -2.34. The van der Waals surface area contributed by atoms with E-state index in [-0.39, 0.29) is 0 Å². The predicted molar refractivity (Wildman–Crippen MR) is 73.1 cm³/mol. The first-order valence-electron chi connectivity index (χ1n) is 5.87. The molecule has 0 atom stereocenters. The quantitative estimate of drug-likeness (QED) is 0.783. The molecule has 1 fully saturated rings. The smallest absolute Gasteiger partial charge is 0.140 e. The lowest BCUT2D eigenvalue weighted by atomic mass is 9.99. The second-order valence-electron chi connectivity index (χ2n) is 4.42. The van der Waals surface area contributed by atoms with Crippen LogP contribution in [0.15, 0.2) is 17.8 Å². The van der Waals surface area contributed by atoms with E-state index in [1.165, 1.54) is 18.2 Å². The summed E-state index contributed by atoms with van der Waals surface area (Å²) >= 11 is 7.58. The molecule has 0 radical (unpaired) electrons. The molecule has 3 rings (SSSR count). The number of aromatic nitrogens is 2. The molecule has 0 spiro atoms. The second-order valence-corrected chi connectivity index (χ2v) is 5.62. The molecule has 0 bridgehead atoms. The highest BCUT2D eigenvalue weighted by Crippen LogP contribution is 2.29. The molecule has 17 heavy (non-hydrogen) atoms. The Kier molecular flexibility index (Phi) is 3.16. The van der Waals surface area contributed by atoms with Gasteiger partial charge in [0.2, 0.25) is 0 Å². The Morgan fingerprint density at radius 2 is 2.18 bits per heavy atom. The van der Waals surface area contributed by atoms with Gasteiger partial charge in [0.25, 0.3) is 0 Å². The van der Waals surface area contributed by atoms with E-state index in [2.05, 4.69) is 26.3 Å². The summed E-state index contributed by atoms with van der Waals surface area (Å²) in [5, 5.41) is 3.26. The van der Waals surface area contributed by atoms with Gasteiger partial charge in [-0.1, -0.05) is 0 Å². The van der Waals surface area contributed by atoms with Gasteiger partial charge in [0, 0.05) is 19.0 Å². The Balaban J connectivity index is 1.87. The minimum Gasteiger partial charge on any atom is -0.356 e. The van der Waals surface area contributed by atoms with Crippen molar-refractivity contribution in [1.29, 1.82) is 0 Å². The zero-order valence-electron chi connectivity index (χ0n) is 9.47. The van der Waals surface area contributed by atoms with Crippen LogP contribution < -0.4 is 4.90 Å². The van der Waals surface area contributed by atoms with Gasteiger partial charge in [-0.2, -0.15) is 0 Å². The first kappa shape index (κ1) is 11.2. The molecule has 2 aromatic rings. The zero-order chi connectivity index (χ0) is 11.7. The van der Waals surface area contributed by atoms with Crippen molar-refractivity contribution in [2.75, 3.05) is 23.9 Å². The van der Waals surface area contributed by atoms with Crippen LogP contribution in [0.25, 0.3) is 10.2 Å². The van der Waals surface area contributed by atoms with Crippen molar-refractivity contribution in [3.63, 3.8) is 0 Å². The highest BCUT2D eigenvalue weighted by Gasteiger charge is 2.21. The maximum absolute atomic E-state index is 5.91. The SMILES string of the molecule is ClCC1CCN(c2ncnc3sccc23)CC1. The largest absolute Gasteiger partial charge is 0.356 e. The van der Waals surface area contributed by atoms with E-state index in [4.69, 9.17) is 11.6 Å². The Bertz CT molecular complexity index is 505. The van der Waals surface area contributed by atoms with Crippen LogP contribution in [-0.2, 0) is 0 Å². The van der Waals surface area contributed by atoms with Crippen LogP contribution >= 0.6 is 22.9 Å². The summed E-state index contributed by atoms with van der Waals surface area (Å²) in [7, 11) is 0. The molecule has 3 nitrogen and oxygen atoms in total. The van der Waals surface area contributed by atoms with Crippen LogP contribution in [0.1, 0.15) is 12.8 Å². The Morgan fingerprint density at radius 1 is 1.35 bits per heavy atom. The van der Waals surface area contributed by atoms with Crippen LogP contribution in [-0.4, -0.2) is 28.9 Å². The maximum Gasteiger partial charge on any atom is 0.140 e. The number of anilines is 1. The van der Waals surface area contributed by atoms with Gasteiger partial charge in [-0.25, -0.2) is 9.97 Å². The summed E-state index contributed by atoms with van der Waals surface area (Å²) in [6.07, 6.45) is 4.00. The number of piperidine rings is 1. The Morgan fingerprint density at radius 3 is 2.94 bits per heavy atom. The fourth-order valence-electron chi connectivity index (χ4n) is 2.33. The van der Waals surface area contributed by atoms with Crippen molar-refractivity contribution in [2.45, 2.75) is 12.8 Å². The van der Waals surface area contributed by atoms with Crippen molar-refractivity contribution >= 4 is 39.0 Å². The van der Waals surface area contributed by atoms with E-state index in [1.54, 1.807) is 17.7 Å². The molecule has 0 aromatic carbocycles. The molecule has 0 aliphatic carbocycles. The van der Waals surface area contributed by atoms with Gasteiger partial charge in [0.15, 0.2) is 0 Å². The van der Waals surface area contributed by atoms with E-state index in [1.807, 2.05) is 0 Å². The number of hydrogen-bond acceptors (Lipinski definition) is 4. The Hall–Kier alpha value is -0.870. The van der Waals surface area contributed by atoms with Gasteiger partial charge in [0.05, 0.1) is 5.39 Å². The number of halogens is 1. The normalized spacial score (nSPS) is 17.8. The molecule has 0 amide bonds. The highest BCUT2D eigenvalue weighted by molar-refractivity contribution is 7.16. The molecule has 0 unspecified atom stereocenters. The number of thiophene rings is 1. The van der Waals surface area contributed by atoms with Crippen LogP contribution in [0.2, 0.25) is 0 Å². The number of rotatable bonds is 2. The number of fused-ring (bicyclic) bond motifs is 1. The molecule has 2 aromatic heterocycles. The minimum absolute atomic E-state index is 0.674. The molecule has 1 aliphatic heterocycles. The van der Waals surface area contributed by atoms with Gasteiger partial charge in [-0.15, -0.1) is 22.9 Å². The summed E-state index contributed by atoms with van der Waals surface area (Å²) < 4.78 is 0. The molecule has 5 heteroatoms. The van der Waals surface area contributed by atoms with Gasteiger partial charge < -0.3 is 4.90 Å². The van der Waals surface area contributed by atoms with E-state index in [9.17, 15) is 0 Å². The van der Waals surface area contributed by atoms with Crippen molar-refractivity contribution in [2.24, 2.45) is 5.92 Å². The molecule has 3 heterocycles. The first-order valence-corrected chi connectivity index (χ1v) is 7.29. The average Bonchev–Trinajstić information content (AvgIpc) is 2.87.